The maximum atomic E-state index is 5.08. The zero-order valence-electron chi connectivity index (χ0n) is 24.1. The Kier molecular flexibility index (Phi) is 9.08. The molecule has 0 radical (unpaired) electrons. The largest absolute Gasteiger partial charge is 0.252 e. The summed E-state index contributed by atoms with van der Waals surface area (Å²) < 4.78 is 0. The van der Waals surface area contributed by atoms with Crippen LogP contribution >= 0.6 is 7.92 Å². The standard InChI is InChI=1S/C40H34NP/c1-6-16-32(8-3)42(33-20-11-10-12-21-33)34-26-24-30(25-27-34)29(5)18-15-23-39-40-35-22-14-13-19-31(35)28-37(40)36(17-7-2)38(9-4)41-39/h6-11,13-20,22,24-27H,1,3-5,23,28H2,2H3/b17-7-,18-15-,32-16+. The van der Waals surface area contributed by atoms with Gasteiger partial charge in [0.15, 0.2) is 0 Å². The van der Waals surface area contributed by atoms with Crippen LogP contribution in [0.1, 0.15) is 40.6 Å². The summed E-state index contributed by atoms with van der Waals surface area (Å²) in [6, 6.07) is 29.7. The fourth-order valence-corrected chi connectivity index (χ4v) is 7.63. The van der Waals surface area contributed by atoms with E-state index in [2.05, 4.69) is 117 Å². The van der Waals surface area contributed by atoms with E-state index in [1.165, 1.54) is 33.1 Å². The van der Waals surface area contributed by atoms with Gasteiger partial charge in [-0.1, -0.05) is 136 Å². The van der Waals surface area contributed by atoms with E-state index in [0.29, 0.717) is 6.42 Å². The minimum absolute atomic E-state index is 0.714. The number of hydrogen-bond acceptors (Lipinski definition) is 1. The average Bonchev–Trinajstić information content (AvgIpc) is 3.42. The number of aromatic nitrogens is 1. The molecule has 0 saturated heterocycles. The molecule has 42 heavy (non-hydrogen) atoms. The van der Waals surface area contributed by atoms with Crippen molar-refractivity contribution in [3.8, 4) is 11.1 Å². The quantitative estimate of drug-likeness (QED) is 0.116. The molecule has 4 aromatic rings. The summed E-state index contributed by atoms with van der Waals surface area (Å²) in [5.74, 6) is 0. The summed E-state index contributed by atoms with van der Waals surface area (Å²) in [5.41, 5.74) is 10.5. The smallest absolute Gasteiger partial charge is 0.0702 e. The molecule has 1 nitrogen and oxygen atoms in total. The van der Waals surface area contributed by atoms with Gasteiger partial charge >= 0.3 is 0 Å². The van der Waals surface area contributed by atoms with Crippen LogP contribution in [0.5, 0.6) is 0 Å². The molecule has 0 aliphatic heterocycles. The number of hydrogen-bond donors (Lipinski definition) is 0. The Labute approximate surface area is 252 Å². The van der Waals surface area contributed by atoms with Crippen molar-refractivity contribution in [2.45, 2.75) is 19.8 Å². The molecule has 1 aliphatic rings. The maximum Gasteiger partial charge on any atom is 0.0702 e. The SMILES string of the molecule is C=C/C=C(\C=C)P(c1c#cccc1)c1ccc(C(=C)/C=C\Cc2nc(C=C)c(/C=C\C)c3c2-c2ccccc2C3)cc1. The summed E-state index contributed by atoms with van der Waals surface area (Å²) in [6.07, 6.45) is 17.8. The number of rotatable bonds is 11. The molecule has 0 spiro atoms. The molecular formula is C40H34NP. The van der Waals surface area contributed by atoms with E-state index in [-0.39, 0.29) is 0 Å². The Morgan fingerprint density at radius 3 is 2.52 bits per heavy atom. The molecule has 1 atom stereocenters. The van der Waals surface area contributed by atoms with Gasteiger partial charge < -0.3 is 0 Å². The van der Waals surface area contributed by atoms with Crippen LogP contribution in [-0.2, 0) is 12.8 Å². The lowest BCUT2D eigenvalue weighted by atomic mass is 9.96. The van der Waals surface area contributed by atoms with Gasteiger partial charge in [0, 0.05) is 22.9 Å². The molecule has 1 aromatic heterocycles. The highest BCUT2D eigenvalue weighted by molar-refractivity contribution is 7.77. The molecule has 1 unspecified atom stereocenters. The monoisotopic (exact) mass is 559 g/mol. The average molecular weight is 560 g/mol. The van der Waals surface area contributed by atoms with Gasteiger partial charge in [-0.3, -0.25) is 4.98 Å². The van der Waals surface area contributed by atoms with Crippen LogP contribution in [0.15, 0.2) is 135 Å². The molecule has 5 rings (SSSR count). The number of nitrogens with zero attached hydrogens (tertiary/aromatic N) is 1. The van der Waals surface area contributed by atoms with Gasteiger partial charge in [0.1, 0.15) is 0 Å². The van der Waals surface area contributed by atoms with Crippen LogP contribution in [0.3, 0.4) is 0 Å². The van der Waals surface area contributed by atoms with Crippen molar-refractivity contribution >= 4 is 36.3 Å². The maximum absolute atomic E-state index is 5.08. The van der Waals surface area contributed by atoms with Gasteiger partial charge in [0.25, 0.3) is 0 Å². The highest BCUT2D eigenvalue weighted by Gasteiger charge is 2.25. The third-order valence-electron chi connectivity index (χ3n) is 7.38. The van der Waals surface area contributed by atoms with Crippen molar-refractivity contribution in [2.75, 3.05) is 0 Å². The van der Waals surface area contributed by atoms with Gasteiger partial charge in [-0.2, -0.15) is 0 Å². The Bertz CT molecular complexity index is 1730. The van der Waals surface area contributed by atoms with Crippen LogP contribution in [-0.4, -0.2) is 4.98 Å². The van der Waals surface area contributed by atoms with E-state index in [1.807, 2.05) is 43.4 Å². The van der Waals surface area contributed by atoms with Crippen molar-refractivity contribution in [3.63, 3.8) is 0 Å². The van der Waals surface area contributed by atoms with Crippen LogP contribution < -0.4 is 10.6 Å². The predicted molar refractivity (Wildman–Crippen MR) is 184 cm³/mol. The van der Waals surface area contributed by atoms with Crippen LogP contribution in [0.2, 0.25) is 0 Å². The Balaban J connectivity index is 1.41. The fraction of sp³-hybridized carbons (Fsp3) is 0.0750. The van der Waals surface area contributed by atoms with Crippen molar-refractivity contribution in [3.05, 3.63) is 181 Å². The number of benzene rings is 2. The second-order valence-corrected chi connectivity index (χ2v) is 12.2. The van der Waals surface area contributed by atoms with Crippen LogP contribution in [0.4, 0.5) is 0 Å². The first-order valence-electron chi connectivity index (χ1n) is 14.1. The lowest BCUT2D eigenvalue weighted by molar-refractivity contribution is 1.08. The van der Waals surface area contributed by atoms with Crippen molar-refractivity contribution < 1.29 is 0 Å². The minimum atomic E-state index is -0.812. The molecule has 2 heteroatoms. The van der Waals surface area contributed by atoms with Gasteiger partial charge in [-0.15, -0.1) is 0 Å². The van der Waals surface area contributed by atoms with Crippen molar-refractivity contribution in [1.82, 2.24) is 4.98 Å². The van der Waals surface area contributed by atoms with E-state index < -0.39 is 7.92 Å². The van der Waals surface area contributed by atoms with Gasteiger partial charge in [-0.05, 0) is 77.9 Å². The zero-order valence-corrected chi connectivity index (χ0v) is 25.0. The summed E-state index contributed by atoms with van der Waals surface area (Å²) in [6.45, 7) is 18.4. The van der Waals surface area contributed by atoms with Crippen LogP contribution in [0, 0.1) is 12.1 Å². The topological polar surface area (TPSA) is 12.9 Å². The van der Waals surface area contributed by atoms with Gasteiger partial charge in [0.2, 0.25) is 0 Å². The second-order valence-electron chi connectivity index (χ2n) is 9.97. The molecule has 1 aliphatic carbocycles. The highest BCUT2D eigenvalue weighted by Crippen LogP contribution is 2.44. The minimum Gasteiger partial charge on any atom is -0.252 e. The summed E-state index contributed by atoms with van der Waals surface area (Å²) in [4.78, 5) is 5.08. The van der Waals surface area contributed by atoms with E-state index in [0.717, 1.165) is 39.6 Å². The van der Waals surface area contributed by atoms with Crippen molar-refractivity contribution in [1.29, 1.82) is 0 Å². The molecule has 0 fully saturated rings. The zero-order chi connectivity index (χ0) is 29.5. The molecule has 0 N–H and O–H groups in total. The molecule has 0 saturated carbocycles. The Morgan fingerprint density at radius 1 is 1.02 bits per heavy atom. The Hall–Kier alpha value is -4.76. The molecule has 1 heterocycles. The van der Waals surface area contributed by atoms with E-state index in [1.54, 1.807) is 0 Å². The van der Waals surface area contributed by atoms with Crippen molar-refractivity contribution in [2.24, 2.45) is 0 Å². The molecule has 3 aromatic carbocycles. The molecular weight excluding hydrogens is 525 g/mol. The second kappa shape index (κ2) is 13.3. The number of fused-ring (bicyclic) bond motifs is 3. The molecule has 0 amide bonds. The fourth-order valence-electron chi connectivity index (χ4n) is 5.48. The van der Waals surface area contributed by atoms with E-state index in [4.69, 9.17) is 4.98 Å². The van der Waals surface area contributed by atoms with E-state index in [9.17, 15) is 0 Å². The van der Waals surface area contributed by atoms with E-state index >= 15 is 0 Å². The first-order chi connectivity index (χ1) is 20.6. The highest BCUT2D eigenvalue weighted by atomic mass is 31.1. The molecule has 204 valence electrons. The Morgan fingerprint density at radius 2 is 1.83 bits per heavy atom. The van der Waals surface area contributed by atoms with Crippen LogP contribution in [0.25, 0.3) is 28.9 Å². The predicted octanol–water partition coefficient (Wildman–Crippen LogP) is 9.43. The third-order valence-corrected chi connectivity index (χ3v) is 9.79. The number of allylic oxidation sites excluding steroid dienone is 8. The summed E-state index contributed by atoms with van der Waals surface area (Å²) in [7, 11) is -0.812. The lowest BCUT2D eigenvalue weighted by Crippen LogP contribution is -2.12. The van der Waals surface area contributed by atoms with Gasteiger partial charge in [0.05, 0.1) is 11.4 Å². The number of pyridine rings is 1. The third kappa shape index (κ3) is 5.82. The normalized spacial score (nSPS) is 12.9. The van der Waals surface area contributed by atoms with Gasteiger partial charge in [-0.25, -0.2) is 0 Å². The lowest BCUT2D eigenvalue weighted by Gasteiger charge is -2.19. The summed E-state index contributed by atoms with van der Waals surface area (Å²) in [5, 5.41) is 3.45. The first-order valence-corrected chi connectivity index (χ1v) is 15.4. The first kappa shape index (κ1) is 28.8. The molecule has 0 bridgehead atoms. The summed E-state index contributed by atoms with van der Waals surface area (Å²) >= 11 is 0.